The maximum absolute atomic E-state index is 10.8. The Hall–Kier alpha value is -2.89. The highest BCUT2D eigenvalue weighted by Gasteiger charge is 2.10. The molecule has 0 saturated carbocycles. The van der Waals surface area contributed by atoms with Crippen molar-refractivity contribution in [1.82, 2.24) is 14.6 Å². The van der Waals surface area contributed by atoms with Gasteiger partial charge in [-0.1, -0.05) is 0 Å². The first kappa shape index (κ1) is 12.2. The van der Waals surface area contributed by atoms with Crippen molar-refractivity contribution in [1.29, 1.82) is 0 Å². The van der Waals surface area contributed by atoms with Gasteiger partial charge in [-0.05, 0) is 24.3 Å². The Morgan fingerprint density at radius 3 is 2.70 bits per heavy atom. The van der Waals surface area contributed by atoms with Crippen LogP contribution < -0.4 is 10.5 Å². The summed E-state index contributed by atoms with van der Waals surface area (Å²) in [5.41, 5.74) is 8.44. The highest BCUT2D eigenvalue weighted by Crippen LogP contribution is 2.23. The first-order valence-corrected chi connectivity index (χ1v) is 5.97. The SMILES string of the molecule is COc1ccc(-c2cc3ncc(C=O)c(N)n3n2)cc1. The van der Waals surface area contributed by atoms with Gasteiger partial charge in [0, 0.05) is 17.8 Å². The minimum atomic E-state index is 0.282. The van der Waals surface area contributed by atoms with Gasteiger partial charge in [-0.2, -0.15) is 9.61 Å². The van der Waals surface area contributed by atoms with Gasteiger partial charge in [0.15, 0.2) is 11.9 Å². The summed E-state index contributed by atoms with van der Waals surface area (Å²) in [5, 5.41) is 4.38. The fraction of sp³-hybridized carbons (Fsp3) is 0.0714. The number of hydrogen-bond donors (Lipinski definition) is 1. The van der Waals surface area contributed by atoms with Gasteiger partial charge in [0.25, 0.3) is 0 Å². The number of fused-ring (bicyclic) bond motifs is 1. The van der Waals surface area contributed by atoms with Gasteiger partial charge >= 0.3 is 0 Å². The standard InChI is InChI=1S/C14H12N4O2/c1-20-11-4-2-9(3-5-11)12-6-13-16-7-10(8-19)14(15)18(13)17-12/h2-8H,15H2,1H3. The maximum atomic E-state index is 10.8. The molecule has 0 aliphatic heterocycles. The number of rotatable bonds is 3. The molecule has 20 heavy (non-hydrogen) atoms. The van der Waals surface area contributed by atoms with Crippen LogP contribution in [0.5, 0.6) is 5.75 Å². The van der Waals surface area contributed by atoms with Crippen LogP contribution in [0.3, 0.4) is 0 Å². The Morgan fingerprint density at radius 2 is 2.05 bits per heavy atom. The molecular weight excluding hydrogens is 256 g/mol. The lowest BCUT2D eigenvalue weighted by Gasteiger charge is -2.01. The number of aldehydes is 1. The number of nitrogens with zero attached hydrogens (tertiary/aromatic N) is 3. The van der Waals surface area contributed by atoms with Crippen LogP contribution in [-0.2, 0) is 0 Å². The van der Waals surface area contributed by atoms with Gasteiger partial charge < -0.3 is 10.5 Å². The molecule has 0 unspecified atom stereocenters. The van der Waals surface area contributed by atoms with Crippen molar-refractivity contribution >= 4 is 17.8 Å². The van der Waals surface area contributed by atoms with E-state index >= 15 is 0 Å². The Kier molecular flexibility index (Phi) is 2.83. The molecule has 0 fully saturated rings. The lowest BCUT2D eigenvalue weighted by molar-refractivity contribution is 0.112. The lowest BCUT2D eigenvalue weighted by Crippen LogP contribution is -2.04. The van der Waals surface area contributed by atoms with E-state index in [-0.39, 0.29) is 5.82 Å². The summed E-state index contributed by atoms with van der Waals surface area (Å²) in [6.45, 7) is 0. The smallest absolute Gasteiger partial charge is 0.157 e. The van der Waals surface area contributed by atoms with E-state index in [4.69, 9.17) is 10.5 Å². The topological polar surface area (TPSA) is 82.5 Å². The molecule has 1 aromatic carbocycles. The van der Waals surface area contributed by atoms with Gasteiger partial charge in [0.05, 0.1) is 18.4 Å². The average molecular weight is 268 g/mol. The van der Waals surface area contributed by atoms with Crippen LogP contribution in [0.1, 0.15) is 10.4 Å². The van der Waals surface area contributed by atoms with E-state index in [0.717, 1.165) is 17.0 Å². The van der Waals surface area contributed by atoms with Gasteiger partial charge in [-0.15, -0.1) is 0 Å². The molecule has 2 N–H and O–H groups in total. The quantitative estimate of drug-likeness (QED) is 0.732. The van der Waals surface area contributed by atoms with Crippen LogP contribution in [0.2, 0.25) is 0 Å². The molecule has 0 aliphatic carbocycles. The van der Waals surface area contributed by atoms with Crippen LogP contribution in [0.15, 0.2) is 36.5 Å². The monoisotopic (exact) mass is 268 g/mol. The Labute approximate surface area is 114 Å². The number of anilines is 1. The number of carbonyl (C=O) groups excluding carboxylic acids is 1. The molecule has 100 valence electrons. The lowest BCUT2D eigenvalue weighted by atomic mass is 10.1. The van der Waals surface area contributed by atoms with Crippen LogP contribution in [0.4, 0.5) is 5.82 Å². The second kappa shape index (κ2) is 4.65. The van der Waals surface area contributed by atoms with Crippen molar-refractivity contribution in [2.45, 2.75) is 0 Å². The molecule has 0 aliphatic rings. The summed E-state index contributed by atoms with van der Waals surface area (Å²) in [5.74, 6) is 1.06. The Morgan fingerprint density at radius 1 is 1.30 bits per heavy atom. The highest BCUT2D eigenvalue weighted by molar-refractivity contribution is 5.82. The molecule has 0 saturated heterocycles. The molecule has 6 heteroatoms. The maximum Gasteiger partial charge on any atom is 0.157 e. The number of nitrogen functional groups attached to an aromatic ring is 1. The number of hydrogen-bond acceptors (Lipinski definition) is 5. The molecule has 0 bridgehead atoms. The summed E-state index contributed by atoms with van der Waals surface area (Å²) in [6, 6.07) is 9.32. The third kappa shape index (κ3) is 1.87. The Balaban J connectivity index is 2.12. The summed E-state index contributed by atoms with van der Waals surface area (Å²) in [6.07, 6.45) is 2.10. The molecule has 3 rings (SSSR count). The van der Waals surface area contributed by atoms with Crippen molar-refractivity contribution in [3.8, 4) is 17.0 Å². The zero-order valence-corrected chi connectivity index (χ0v) is 10.8. The summed E-state index contributed by atoms with van der Waals surface area (Å²) in [4.78, 5) is 15.0. The first-order valence-electron chi connectivity index (χ1n) is 5.97. The molecule has 6 nitrogen and oxygen atoms in total. The summed E-state index contributed by atoms with van der Waals surface area (Å²) < 4.78 is 6.58. The average Bonchev–Trinajstić information content (AvgIpc) is 2.93. The van der Waals surface area contributed by atoms with Crippen molar-refractivity contribution in [3.05, 3.63) is 42.1 Å². The molecule has 0 spiro atoms. The number of carbonyl (C=O) groups is 1. The first-order chi connectivity index (χ1) is 9.72. The minimum absolute atomic E-state index is 0.282. The number of nitrogens with two attached hydrogens (primary N) is 1. The van der Waals surface area contributed by atoms with E-state index in [1.807, 2.05) is 30.3 Å². The molecule has 3 aromatic rings. The fourth-order valence-electron chi connectivity index (χ4n) is 1.96. The summed E-state index contributed by atoms with van der Waals surface area (Å²) in [7, 11) is 1.62. The largest absolute Gasteiger partial charge is 0.497 e. The van der Waals surface area contributed by atoms with Crippen LogP contribution in [0.25, 0.3) is 16.9 Å². The third-order valence-corrected chi connectivity index (χ3v) is 3.06. The van der Waals surface area contributed by atoms with Gasteiger partial charge in [-0.3, -0.25) is 4.79 Å². The van der Waals surface area contributed by atoms with E-state index < -0.39 is 0 Å². The summed E-state index contributed by atoms with van der Waals surface area (Å²) >= 11 is 0. The highest BCUT2D eigenvalue weighted by atomic mass is 16.5. The molecule has 0 atom stereocenters. The number of ether oxygens (including phenoxy) is 1. The van der Waals surface area contributed by atoms with E-state index in [2.05, 4.69) is 10.1 Å². The van der Waals surface area contributed by atoms with Crippen molar-refractivity contribution < 1.29 is 9.53 Å². The molecule has 0 radical (unpaired) electrons. The third-order valence-electron chi connectivity index (χ3n) is 3.06. The van der Waals surface area contributed by atoms with Crippen LogP contribution >= 0.6 is 0 Å². The van der Waals surface area contributed by atoms with Crippen LogP contribution in [0, 0.1) is 0 Å². The van der Waals surface area contributed by atoms with E-state index in [1.165, 1.54) is 10.7 Å². The fourth-order valence-corrected chi connectivity index (χ4v) is 1.96. The molecular formula is C14H12N4O2. The predicted octanol–water partition coefficient (Wildman–Crippen LogP) is 1.80. The number of methoxy groups -OCH3 is 1. The van der Waals surface area contributed by atoms with Gasteiger partial charge in [0.1, 0.15) is 11.6 Å². The molecule has 2 heterocycles. The second-order valence-corrected chi connectivity index (χ2v) is 4.24. The number of aromatic nitrogens is 3. The van der Waals surface area contributed by atoms with Gasteiger partial charge in [-0.25, -0.2) is 4.98 Å². The van der Waals surface area contributed by atoms with Crippen molar-refractivity contribution in [2.24, 2.45) is 0 Å². The second-order valence-electron chi connectivity index (χ2n) is 4.24. The van der Waals surface area contributed by atoms with E-state index in [1.54, 1.807) is 7.11 Å². The van der Waals surface area contributed by atoms with Gasteiger partial charge in [0.2, 0.25) is 0 Å². The number of benzene rings is 1. The Bertz CT molecular complexity index is 778. The van der Waals surface area contributed by atoms with E-state index in [9.17, 15) is 4.79 Å². The minimum Gasteiger partial charge on any atom is -0.497 e. The molecule has 0 amide bonds. The molecule has 2 aromatic heterocycles. The zero-order chi connectivity index (χ0) is 14.1. The normalized spacial score (nSPS) is 10.7. The van der Waals surface area contributed by atoms with Crippen molar-refractivity contribution in [2.75, 3.05) is 12.8 Å². The van der Waals surface area contributed by atoms with E-state index in [0.29, 0.717) is 17.5 Å². The predicted molar refractivity (Wildman–Crippen MR) is 74.8 cm³/mol. The zero-order valence-electron chi connectivity index (χ0n) is 10.8. The van der Waals surface area contributed by atoms with Crippen molar-refractivity contribution in [3.63, 3.8) is 0 Å². The van der Waals surface area contributed by atoms with Crippen LogP contribution in [-0.4, -0.2) is 28.0 Å².